The molecule has 7 nitrogen and oxygen atoms in total. The number of rotatable bonds is 3. The third-order valence-corrected chi connectivity index (χ3v) is 2.19. The summed E-state index contributed by atoms with van der Waals surface area (Å²) in [6.45, 7) is 1.96. The molecule has 0 amide bonds. The van der Waals surface area contributed by atoms with Crippen molar-refractivity contribution in [3.05, 3.63) is 40.3 Å². The Morgan fingerprint density at radius 1 is 1.65 bits per heavy atom. The Morgan fingerprint density at radius 2 is 2.41 bits per heavy atom. The topological polar surface area (TPSA) is 86.7 Å². The highest BCUT2D eigenvalue weighted by atomic mass is 16.6. The number of carbonyl (C=O) groups is 1. The maximum Gasteiger partial charge on any atom is 0.356 e. The van der Waals surface area contributed by atoms with Crippen LogP contribution in [-0.2, 0) is 4.74 Å². The summed E-state index contributed by atoms with van der Waals surface area (Å²) in [4.78, 5) is 25.5. The molecule has 0 saturated heterocycles. The van der Waals surface area contributed by atoms with Gasteiger partial charge in [0.15, 0.2) is 5.69 Å². The van der Waals surface area contributed by atoms with E-state index in [1.807, 2.05) is 0 Å². The van der Waals surface area contributed by atoms with Crippen molar-refractivity contribution in [2.75, 3.05) is 6.61 Å². The molecule has 2 aromatic rings. The molecule has 0 N–H and O–H groups in total. The minimum atomic E-state index is -0.515. The average Bonchev–Trinajstić information content (AvgIpc) is 2.71. The minimum absolute atomic E-state index is 0.0708. The minimum Gasteiger partial charge on any atom is -0.461 e. The first-order chi connectivity index (χ1) is 8.13. The third kappa shape index (κ3) is 1.94. The number of esters is 1. The molecule has 88 valence electrons. The summed E-state index contributed by atoms with van der Waals surface area (Å²) in [7, 11) is 0. The van der Waals surface area contributed by atoms with Crippen molar-refractivity contribution in [3.63, 3.8) is 0 Å². The van der Waals surface area contributed by atoms with Crippen molar-refractivity contribution in [1.29, 1.82) is 0 Å². The highest BCUT2D eigenvalue weighted by Crippen LogP contribution is 2.15. The van der Waals surface area contributed by atoms with Gasteiger partial charge in [0, 0.05) is 12.3 Å². The SMILES string of the molecule is CCOC(=O)c1cnc2cc([N+](=O)[O-])ccn12. The van der Waals surface area contributed by atoms with Gasteiger partial charge in [-0.15, -0.1) is 0 Å². The zero-order valence-corrected chi connectivity index (χ0v) is 8.99. The normalized spacial score (nSPS) is 10.4. The summed E-state index contributed by atoms with van der Waals surface area (Å²) >= 11 is 0. The molecule has 2 heterocycles. The van der Waals surface area contributed by atoms with Gasteiger partial charge in [0.05, 0.1) is 23.8 Å². The Hall–Kier alpha value is -2.44. The second kappa shape index (κ2) is 4.20. The van der Waals surface area contributed by atoms with Crippen LogP contribution in [0.15, 0.2) is 24.5 Å². The van der Waals surface area contributed by atoms with E-state index in [1.165, 1.54) is 28.9 Å². The van der Waals surface area contributed by atoms with Crippen LogP contribution in [-0.4, -0.2) is 26.9 Å². The molecule has 2 aromatic heterocycles. The maximum absolute atomic E-state index is 11.5. The van der Waals surface area contributed by atoms with E-state index in [2.05, 4.69) is 4.98 Å². The molecule has 0 atom stereocenters. The van der Waals surface area contributed by atoms with Gasteiger partial charge in [0.1, 0.15) is 5.65 Å². The van der Waals surface area contributed by atoms with Crippen LogP contribution in [0.3, 0.4) is 0 Å². The van der Waals surface area contributed by atoms with E-state index in [-0.39, 0.29) is 18.0 Å². The van der Waals surface area contributed by atoms with Crippen molar-refractivity contribution in [1.82, 2.24) is 9.38 Å². The first kappa shape index (κ1) is 11.1. The quantitative estimate of drug-likeness (QED) is 0.456. The lowest BCUT2D eigenvalue weighted by atomic mass is 10.4. The third-order valence-electron chi connectivity index (χ3n) is 2.19. The lowest BCUT2D eigenvalue weighted by Gasteiger charge is -2.01. The molecule has 0 saturated carbocycles. The molecule has 2 rings (SSSR count). The summed E-state index contributed by atoms with van der Waals surface area (Å²) in [5, 5.41) is 10.6. The van der Waals surface area contributed by atoms with Crippen LogP contribution in [0.25, 0.3) is 5.65 Å². The molecular weight excluding hydrogens is 226 g/mol. The first-order valence-corrected chi connectivity index (χ1v) is 4.92. The lowest BCUT2D eigenvalue weighted by molar-refractivity contribution is -0.384. The molecule has 0 aromatic carbocycles. The monoisotopic (exact) mass is 235 g/mol. The van der Waals surface area contributed by atoms with Crippen molar-refractivity contribution >= 4 is 17.3 Å². The van der Waals surface area contributed by atoms with E-state index < -0.39 is 10.9 Å². The van der Waals surface area contributed by atoms with Crippen LogP contribution in [0.1, 0.15) is 17.4 Å². The predicted octanol–water partition coefficient (Wildman–Crippen LogP) is 1.42. The molecule has 0 aliphatic carbocycles. The summed E-state index contributed by atoms with van der Waals surface area (Å²) in [5.74, 6) is -0.506. The maximum atomic E-state index is 11.5. The van der Waals surface area contributed by atoms with E-state index in [1.54, 1.807) is 6.92 Å². The van der Waals surface area contributed by atoms with Gasteiger partial charge in [-0.2, -0.15) is 0 Å². The Morgan fingerprint density at radius 3 is 3.06 bits per heavy atom. The predicted molar refractivity (Wildman–Crippen MR) is 57.8 cm³/mol. The van der Waals surface area contributed by atoms with Gasteiger partial charge in [-0.25, -0.2) is 9.78 Å². The zero-order valence-electron chi connectivity index (χ0n) is 8.99. The zero-order chi connectivity index (χ0) is 12.4. The Labute approximate surface area is 95.8 Å². The number of fused-ring (bicyclic) bond motifs is 1. The van der Waals surface area contributed by atoms with Gasteiger partial charge in [-0.1, -0.05) is 0 Å². The van der Waals surface area contributed by atoms with Crippen LogP contribution in [0.4, 0.5) is 5.69 Å². The van der Waals surface area contributed by atoms with Crippen LogP contribution < -0.4 is 0 Å². The molecule has 0 fully saturated rings. The second-order valence-electron chi connectivity index (χ2n) is 3.23. The molecule has 0 aliphatic rings. The van der Waals surface area contributed by atoms with E-state index in [0.29, 0.717) is 5.65 Å². The van der Waals surface area contributed by atoms with Crippen molar-refractivity contribution < 1.29 is 14.5 Å². The fraction of sp³-hybridized carbons (Fsp3) is 0.200. The number of ether oxygens (including phenoxy) is 1. The number of nitro groups is 1. The fourth-order valence-corrected chi connectivity index (χ4v) is 1.44. The Kier molecular flexibility index (Phi) is 2.73. The van der Waals surface area contributed by atoms with Gasteiger partial charge in [0.2, 0.25) is 0 Å². The molecule has 0 aliphatic heterocycles. The summed E-state index contributed by atoms with van der Waals surface area (Å²) in [6.07, 6.45) is 2.75. The second-order valence-corrected chi connectivity index (χ2v) is 3.23. The highest BCUT2D eigenvalue weighted by molar-refractivity contribution is 5.88. The van der Waals surface area contributed by atoms with Crippen LogP contribution in [0.2, 0.25) is 0 Å². The summed E-state index contributed by atoms with van der Waals surface area (Å²) < 4.78 is 6.29. The number of imidazole rings is 1. The van der Waals surface area contributed by atoms with Gasteiger partial charge >= 0.3 is 5.97 Å². The average molecular weight is 235 g/mol. The van der Waals surface area contributed by atoms with Gasteiger partial charge < -0.3 is 4.74 Å². The molecule has 7 heteroatoms. The number of nitrogens with zero attached hydrogens (tertiary/aromatic N) is 3. The van der Waals surface area contributed by atoms with Crippen LogP contribution in [0.5, 0.6) is 0 Å². The number of aromatic nitrogens is 2. The molecular formula is C10H9N3O4. The standard InChI is InChI=1S/C10H9N3O4/c1-2-17-10(14)8-6-11-9-5-7(13(15)16)3-4-12(8)9/h3-6H,2H2,1H3. The summed E-state index contributed by atoms with van der Waals surface area (Å²) in [6, 6.07) is 2.60. The van der Waals surface area contributed by atoms with E-state index >= 15 is 0 Å². The van der Waals surface area contributed by atoms with Crippen LogP contribution in [0, 0.1) is 10.1 Å². The first-order valence-electron chi connectivity index (χ1n) is 4.92. The van der Waals surface area contributed by atoms with Gasteiger partial charge in [-0.05, 0) is 6.92 Å². The van der Waals surface area contributed by atoms with E-state index in [4.69, 9.17) is 4.74 Å². The van der Waals surface area contributed by atoms with Crippen molar-refractivity contribution in [2.24, 2.45) is 0 Å². The van der Waals surface area contributed by atoms with E-state index in [9.17, 15) is 14.9 Å². The molecule has 17 heavy (non-hydrogen) atoms. The molecule has 0 bridgehead atoms. The number of hydrogen-bond acceptors (Lipinski definition) is 5. The Balaban J connectivity index is 2.48. The molecule has 0 radical (unpaired) electrons. The number of pyridine rings is 1. The number of hydrogen-bond donors (Lipinski definition) is 0. The van der Waals surface area contributed by atoms with Crippen LogP contribution >= 0.6 is 0 Å². The Bertz CT molecular complexity index is 590. The van der Waals surface area contributed by atoms with Gasteiger partial charge in [-0.3, -0.25) is 14.5 Å². The highest BCUT2D eigenvalue weighted by Gasteiger charge is 2.15. The van der Waals surface area contributed by atoms with Crippen molar-refractivity contribution in [2.45, 2.75) is 6.92 Å². The molecule has 0 spiro atoms. The van der Waals surface area contributed by atoms with Crippen molar-refractivity contribution in [3.8, 4) is 0 Å². The number of carbonyl (C=O) groups excluding carboxylic acids is 1. The smallest absolute Gasteiger partial charge is 0.356 e. The van der Waals surface area contributed by atoms with E-state index in [0.717, 1.165) is 0 Å². The van der Waals surface area contributed by atoms with Gasteiger partial charge in [0.25, 0.3) is 5.69 Å². The summed E-state index contributed by atoms with van der Waals surface area (Å²) in [5.41, 5.74) is 0.512. The lowest BCUT2D eigenvalue weighted by Crippen LogP contribution is -2.07. The molecule has 0 unspecified atom stereocenters. The largest absolute Gasteiger partial charge is 0.461 e. The fourth-order valence-electron chi connectivity index (χ4n) is 1.44.